The average Bonchev–Trinajstić information content (AvgIpc) is 2.19. The van der Waals surface area contributed by atoms with Crippen molar-refractivity contribution in [1.29, 1.82) is 0 Å². The molecule has 3 N–H and O–H groups in total. The van der Waals surface area contributed by atoms with E-state index in [1.807, 2.05) is 32.0 Å². The minimum Gasteiger partial charge on any atom is -0.391 e. The summed E-state index contributed by atoms with van der Waals surface area (Å²) in [7, 11) is 0. The van der Waals surface area contributed by atoms with Crippen LogP contribution in [-0.2, 0) is 0 Å². The lowest BCUT2D eigenvalue weighted by Gasteiger charge is -2.22. The summed E-state index contributed by atoms with van der Waals surface area (Å²) in [4.78, 5) is 0. The Morgan fingerprint density at radius 2 is 1.80 bits per heavy atom. The average molecular weight is 337 g/mol. The monoisotopic (exact) mass is 335 g/mol. The van der Waals surface area contributed by atoms with Crippen LogP contribution in [0.2, 0.25) is 0 Å². The first-order valence-electron chi connectivity index (χ1n) is 4.82. The van der Waals surface area contributed by atoms with E-state index in [0.29, 0.717) is 0 Å². The fourth-order valence-electron chi connectivity index (χ4n) is 1.33. The Morgan fingerprint density at radius 1 is 1.20 bits per heavy atom. The van der Waals surface area contributed by atoms with E-state index >= 15 is 0 Å². The molecule has 1 aromatic carbocycles. The molecule has 4 heteroatoms. The maximum Gasteiger partial charge on any atom is 0.0755 e. The molecule has 0 aromatic heterocycles. The van der Waals surface area contributed by atoms with Crippen LogP contribution >= 0.6 is 31.9 Å². The third-order valence-electron chi connectivity index (χ3n) is 2.38. The summed E-state index contributed by atoms with van der Waals surface area (Å²) in [5, 5.41) is 9.86. The van der Waals surface area contributed by atoms with Crippen molar-refractivity contribution < 1.29 is 5.11 Å². The number of halogens is 2. The Labute approximate surface area is 107 Å². The molecule has 2 nitrogen and oxygen atoms in total. The SMILES string of the molecule is CC(C)[C@H](O)[C@H](N)c1ccc(Br)c(Br)c1. The maximum absolute atomic E-state index is 9.86. The molecule has 0 saturated heterocycles. The minimum absolute atomic E-state index is 0.155. The van der Waals surface area contributed by atoms with Crippen molar-refractivity contribution in [3.8, 4) is 0 Å². The van der Waals surface area contributed by atoms with Crippen molar-refractivity contribution in [3.05, 3.63) is 32.7 Å². The van der Waals surface area contributed by atoms with Gasteiger partial charge in [-0.2, -0.15) is 0 Å². The second-order valence-corrected chi connectivity index (χ2v) is 5.64. The highest BCUT2D eigenvalue weighted by Crippen LogP contribution is 2.28. The Balaban J connectivity index is 2.91. The Kier molecular flexibility index (Phi) is 4.77. The van der Waals surface area contributed by atoms with Crippen LogP contribution in [0.4, 0.5) is 0 Å². The van der Waals surface area contributed by atoms with E-state index in [4.69, 9.17) is 5.73 Å². The van der Waals surface area contributed by atoms with E-state index in [2.05, 4.69) is 31.9 Å². The first kappa shape index (κ1) is 13.2. The lowest BCUT2D eigenvalue weighted by atomic mass is 9.95. The van der Waals surface area contributed by atoms with Gasteiger partial charge >= 0.3 is 0 Å². The zero-order valence-corrected chi connectivity index (χ0v) is 11.9. The molecule has 0 unspecified atom stereocenters. The summed E-state index contributed by atoms with van der Waals surface area (Å²) in [6, 6.07) is 5.44. The molecule has 0 aliphatic rings. The molecule has 0 heterocycles. The van der Waals surface area contributed by atoms with E-state index in [1.165, 1.54) is 0 Å². The van der Waals surface area contributed by atoms with Gasteiger partial charge in [-0.25, -0.2) is 0 Å². The molecule has 0 fully saturated rings. The predicted octanol–water partition coefficient (Wildman–Crippen LogP) is 3.23. The lowest BCUT2D eigenvalue weighted by molar-refractivity contribution is 0.0979. The van der Waals surface area contributed by atoms with Gasteiger partial charge in [-0.05, 0) is 55.5 Å². The van der Waals surface area contributed by atoms with Crippen molar-refractivity contribution in [3.63, 3.8) is 0 Å². The standard InChI is InChI=1S/C11H15Br2NO/c1-6(2)11(15)10(14)7-3-4-8(12)9(13)5-7/h3-6,10-11,15H,14H2,1-2H3/t10-,11+/m1/s1. The van der Waals surface area contributed by atoms with E-state index in [0.717, 1.165) is 14.5 Å². The quantitative estimate of drug-likeness (QED) is 0.890. The van der Waals surface area contributed by atoms with Crippen LogP contribution in [-0.4, -0.2) is 11.2 Å². The molecule has 84 valence electrons. The number of nitrogens with two attached hydrogens (primary N) is 1. The topological polar surface area (TPSA) is 46.2 Å². The largest absolute Gasteiger partial charge is 0.391 e. The second-order valence-electron chi connectivity index (χ2n) is 3.93. The van der Waals surface area contributed by atoms with Gasteiger partial charge in [0.05, 0.1) is 12.1 Å². The molecule has 1 rings (SSSR count). The number of rotatable bonds is 3. The van der Waals surface area contributed by atoms with Gasteiger partial charge in [0.25, 0.3) is 0 Å². The first-order chi connectivity index (χ1) is 6.93. The lowest BCUT2D eigenvalue weighted by Crippen LogP contribution is -2.30. The normalized spacial score (nSPS) is 15.4. The van der Waals surface area contributed by atoms with Crippen LogP contribution in [0.25, 0.3) is 0 Å². The molecule has 2 atom stereocenters. The third-order valence-corrected chi connectivity index (χ3v) is 4.26. The number of aliphatic hydroxyl groups is 1. The van der Waals surface area contributed by atoms with Gasteiger partial charge in [0.15, 0.2) is 0 Å². The van der Waals surface area contributed by atoms with Crippen LogP contribution in [0.1, 0.15) is 25.5 Å². The summed E-state index contributed by atoms with van der Waals surface area (Å²) < 4.78 is 1.93. The molecule has 0 bridgehead atoms. The predicted molar refractivity (Wildman–Crippen MR) is 69.6 cm³/mol. The van der Waals surface area contributed by atoms with Crippen molar-refractivity contribution in [2.45, 2.75) is 26.0 Å². The fraction of sp³-hybridized carbons (Fsp3) is 0.455. The van der Waals surface area contributed by atoms with Crippen molar-refractivity contribution in [2.24, 2.45) is 11.7 Å². The van der Waals surface area contributed by atoms with Crippen LogP contribution in [0.3, 0.4) is 0 Å². The van der Waals surface area contributed by atoms with Gasteiger partial charge in [-0.3, -0.25) is 0 Å². The van der Waals surface area contributed by atoms with Crippen LogP contribution in [0, 0.1) is 5.92 Å². The van der Waals surface area contributed by atoms with Crippen LogP contribution in [0.5, 0.6) is 0 Å². The summed E-state index contributed by atoms with van der Waals surface area (Å²) in [6.07, 6.45) is -0.516. The zero-order chi connectivity index (χ0) is 11.6. The van der Waals surface area contributed by atoms with Gasteiger partial charge in [-0.15, -0.1) is 0 Å². The van der Waals surface area contributed by atoms with Gasteiger partial charge in [0.2, 0.25) is 0 Å². The molecular formula is C11H15Br2NO. The summed E-state index contributed by atoms with van der Waals surface area (Å²) >= 11 is 6.81. The molecule has 0 aliphatic heterocycles. The number of benzene rings is 1. The Bertz CT molecular complexity index is 341. The summed E-state index contributed by atoms with van der Waals surface area (Å²) in [6.45, 7) is 3.91. The molecule has 0 spiro atoms. The van der Waals surface area contributed by atoms with Crippen molar-refractivity contribution in [1.82, 2.24) is 0 Å². The molecule has 0 aliphatic carbocycles. The highest BCUT2D eigenvalue weighted by atomic mass is 79.9. The Hall–Kier alpha value is 0.1000. The minimum atomic E-state index is -0.516. The zero-order valence-electron chi connectivity index (χ0n) is 8.74. The summed E-state index contributed by atoms with van der Waals surface area (Å²) in [5.41, 5.74) is 6.91. The second kappa shape index (κ2) is 5.43. The number of hydrogen-bond acceptors (Lipinski definition) is 2. The highest BCUT2D eigenvalue weighted by molar-refractivity contribution is 9.13. The smallest absolute Gasteiger partial charge is 0.0755 e. The van der Waals surface area contributed by atoms with Gasteiger partial charge in [0, 0.05) is 8.95 Å². The maximum atomic E-state index is 9.86. The summed E-state index contributed by atoms with van der Waals surface area (Å²) in [5.74, 6) is 0.155. The first-order valence-corrected chi connectivity index (χ1v) is 6.40. The third kappa shape index (κ3) is 3.28. The molecule has 0 radical (unpaired) electrons. The van der Waals surface area contributed by atoms with E-state index < -0.39 is 6.10 Å². The highest BCUT2D eigenvalue weighted by Gasteiger charge is 2.20. The number of aliphatic hydroxyl groups excluding tert-OH is 1. The van der Waals surface area contributed by atoms with Gasteiger partial charge < -0.3 is 10.8 Å². The van der Waals surface area contributed by atoms with E-state index in [1.54, 1.807) is 0 Å². The van der Waals surface area contributed by atoms with Crippen molar-refractivity contribution in [2.75, 3.05) is 0 Å². The van der Waals surface area contributed by atoms with Crippen LogP contribution < -0.4 is 5.73 Å². The van der Waals surface area contributed by atoms with Gasteiger partial charge in [0.1, 0.15) is 0 Å². The molecular weight excluding hydrogens is 322 g/mol. The fourth-order valence-corrected chi connectivity index (χ4v) is 1.97. The van der Waals surface area contributed by atoms with Crippen LogP contribution in [0.15, 0.2) is 27.1 Å². The van der Waals surface area contributed by atoms with E-state index in [9.17, 15) is 5.11 Å². The Morgan fingerprint density at radius 3 is 2.27 bits per heavy atom. The van der Waals surface area contributed by atoms with E-state index in [-0.39, 0.29) is 12.0 Å². The van der Waals surface area contributed by atoms with Crippen molar-refractivity contribution >= 4 is 31.9 Å². The van der Waals surface area contributed by atoms with Gasteiger partial charge in [-0.1, -0.05) is 19.9 Å². The molecule has 0 saturated carbocycles. The number of hydrogen-bond donors (Lipinski definition) is 2. The molecule has 0 amide bonds. The molecule has 1 aromatic rings. The molecule has 15 heavy (non-hydrogen) atoms.